The van der Waals surface area contributed by atoms with E-state index in [0.717, 1.165) is 6.42 Å². The standard InChI is InChI=1S/C16H26N2O2/c1-5-13(14-9-7-6-8-10-14)11-17-15(19)18(4)12-16(2,3)20/h6-10,13,20H,5,11-12H2,1-4H3,(H,17,19). The number of carbonyl (C=O) groups is 1. The first-order valence-corrected chi connectivity index (χ1v) is 7.09. The van der Waals surface area contributed by atoms with E-state index in [4.69, 9.17) is 0 Å². The van der Waals surface area contributed by atoms with Gasteiger partial charge in [-0.1, -0.05) is 37.3 Å². The lowest BCUT2D eigenvalue weighted by Gasteiger charge is -2.26. The number of amides is 2. The molecule has 0 bridgehead atoms. The first-order chi connectivity index (χ1) is 9.33. The molecule has 1 aromatic rings. The van der Waals surface area contributed by atoms with E-state index in [1.54, 1.807) is 20.9 Å². The molecule has 0 saturated carbocycles. The summed E-state index contributed by atoms with van der Waals surface area (Å²) >= 11 is 0. The number of aliphatic hydroxyl groups is 1. The maximum atomic E-state index is 12.0. The molecule has 2 N–H and O–H groups in total. The Bertz CT molecular complexity index is 412. The molecule has 0 fully saturated rings. The largest absolute Gasteiger partial charge is 0.389 e. The van der Waals surface area contributed by atoms with Gasteiger partial charge in [-0.3, -0.25) is 0 Å². The van der Waals surface area contributed by atoms with Crippen LogP contribution in [0.1, 0.15) is 38.7 Å². The molecule has 20 heavy (non-hydrogen) atoms. The zero-order valence-corrected chi connectivity index (χ0v) is 12.9. The van der Waals surface area contributed by atoms with Crippen LogP contribution in [0.3, 0.4) is 0 Å². The summed E-state index contributed by atoms with van der Waals surface area (Å²) in [7, 11) is 1.69. The minimum atomic E-state index is -0.879. The van der Waals surface area contributed by atoms with Gasteiger partial charge in [0, 0.05) is 19.5 Å². The Hall–Kier alpha value is -1.55. The minimum absolute atomic E-state index is 0.151. The zero-order chi connectivity index (χ0) is 15.2. The first kappa shape index (κ1) is 16.5. The molecule has 112 valence electrons. The van der Waals surface area contributed by atoms with Crippen LogP contribution >= 0.6 is 0 Å². The van der Waals surface area contributed by atoms with Crippen LogP contribution in [0, 0.1) is 0 Å². The van der Waals surface area contributed by atoms with Gasteiger partial charge in [0.15, 0.2) is 0 Å². The summed E-state index contributed by atoms with van der Waals surface area (Å²) in [5.41, 5.74) is 0.357. The van der Waals surface area contributed by atoms with Crippen molar-refractivity contribution in [1.29, 1.82) is 0 Å². The van der Waals surface area contributed by atoms with Gasteiger partial charge in [-0.2, -0.15) is 0 Å². The van der Waals surface area contributed by atoms with Gasteiger partial charge in [0.1, 0.15) is 0 Å². The van der Waals surface area contributed by atoms with Crippen LogP contribution in [0.2, 0.25) is 0 Å². The highest BCUT2D eigenvalue weighted by Gasteiger charge is 2.20. The predicted molar refractivity (Wildman–Crippen MR) is 81.8 cm³/mol. The lowest BCUT2D eigenvalue weighted by atomic mass is 9.97. The summed E-state index contributed by atoms with van der Waals surface area (Å²) in [4.78, 5) is 13.5. The maximum Gasteiger partial charge on any atom is 0.317 e. The fraction of sp³-hybridized carbons (Fsp3) is 0.562. The molecule has 0 saturated heterocycles. The van der Waals surface area contributed by atoms with E-state index in [9.17, 15) is 9.90 Å². The average Bonchev–Trinajstić information content (AvgIpc) is 2.38. The Labute approximate surface area is 121 Å². The normalized spacial score (nSPS) is 12.8. The van der Waals surface area contributed by atoms with Gasteiger partial charge >= 0.3 is 6.03 Å². The van der Waals surface area contributed by atoms with Crippen molar-refractivity contribution in [1.82, 2.24) is 10.2 Å². The Balaban J connectivity index is 2.51. The number of hydrogen-bond donors (Lipinski definition) is 2. The third kappa shape index (κ3) is 5.61. The Morgan fingerprint density at radius 2 is 1.95 bits per heavy atom. The van der Waals surface area contributed by atoms with Crippen molar-refractivity contribution in [2.45, 2.75) is 38.7 Å². The highest BCUT2D eigenvalue weighted by molar-refractivity contribution is 5.74. The van der Waals surface area contributed by atoms with Crippen LogP contribution in [-0.4, -0.2) is 41.8 Å². The molecule has 1 atom stereocenters. The molecule has 1 unspecified atom stereocenters. The van der Waals surface area contributed by atoms with E-state index in [1.165, 1.54) is 10.5 Å². The molecule has 0 aliphatic heterocycles. The Kier molecular flexibility index (Phi) is 6.02. The zero-order valence-electron chi connectivity index (χ0n) is 12.9. The van der Waals surface area contributed by atoms with Crippen LogP contribution < -0.4 is 5.32 Å². The predicted octanol–water partition coefficient (Wildman–Crippen LogP) is 2.59. The molecular weight excluding hydrogens is 252 g/mol. The molecular formula is C16H26N2O2. The van der Waals surface area contributed by atoms with Gasteiger partial charge in [-0.15, -0.1) is 0 Å². The summed E-state index contributed by atoms with van der Waals surface area (Å²) in [6.07, 6.45) is 0.972. The molecule has 0 spiro atoms. The number of nitrogens with one attached hydrogen (secondary N) is 1. The Morgan fingerprint density at radius 1 is 1.35 bits per heavy atom. The number of nitrogens with zero attached hydrogens (tertiary/aromatic N) is 1. The van der Waals surface area contributed by atoms with Crippen molar-refractivity contribution in [2.24, 2.45) is 0 Å². The second kappa shape index (κ2) is 7.29. The van der Waals surface area contributed by atoms with E-state index < -0.39 is 5.60 Å². The Morgan fingerprint density at radius 3 is 2.45 bits per heavy atom. The smallest absolute Gasteiger partial charge is 0.317 e. The summed E-state index contributed by atoms with van der Waals surface area (Å²) in [6, 6.07) is 10.0. The van der Waals surface area contributed by atoms with Crippen LogP contribution in [0.25, 0.3) is 0 Å². The lowest BCUT2D eigenvalue weighted by Crippen LogP contribution is -2.45. The molecule has 4 heteroatoms. The van der Waals surface area contributed by atoms with Crippen molar-refractivity contribution in [3.05, 3.63) is 35.9 Å². The quantitative estimate of drug-likeness (QED) is 0.840. The lowest BCUT2D eigenvalue weighted by molar-refractivity contribution is 0.0531. The average molecular weight is 278 g/mol. The molecule has 1 aromatic carbocycles. The second-order valence-corrected chi connectivity index (χ2v) is 5.87. The van der Waals surface area contributed by atoms with E-state index in [0.29, 0.717) is 19.0 Å². The van der Waals surface area contributed by atoms with Gasteiger partial charge in [-0.25, -0.2) is 4.79 Å². The van der Waals surface area contributed by atoms with Crippen molar-refractivity contribution in [2.75, 3.05) is 20.1 Å². The molecule has 0 radical (unpaired) electrons. The summed E-state index contributed by atoms with van der Waals surface area (Å²) in [5.74, 6) is 0.315. The van der Waals surface area contributed by atoms with E-state index >= 15 is 0 Å². The summed E-state index contributed by atoms with van der Waals surface area (Å²) < 4.78 is 0. The third-order valence-corrected chi connectivity index (χ3v) is 3.23. The van der Waals surface area contributed by atoms with Crippen molar-refractivity contribution in [3.8, 4) is 0 Å². The maximum absolute atomic E-state index is 12.0. The molecule has 0 aliphatic rings. The van der Waals surface area contributed by atoms with Gasteiger partial charge in [0.05, 0.1) is 12.1 Å². The van der Waals surface area contributed by atoms with Crippen LogP contribution in [0.15, 0.2) is 30.3 Å². The highest BCUT2D eigenvalue weighted by atomic mass is 16.3. The number of carbonyl (C=O) groups excluding carboxylic acids is 1. The van der Waals surface area contributed by atoms with Crippen molar-refractivity contribution >= 4 is 6.03 Å². The third-order valence-electron chi connectivity index (χ3n) is 3.23. The summed E-state index contributed by atoms with van der Waals surface area (Å²) in [6.45, 7) is 6.41. The number of hydrogen-bond acceptors (Lipinski definition) is 2. The highest BCUT2D eigenvalue weighted by Crippen LogP contribution is 2.18. The minimum Gasteiger partial charge on any atom is -0.389 e. The van der Waals surface area contributed by atoms with E-state index in [2.05, 4.69) is 24.4 Å². The van der Waals surface area contributed by atoms with Gasteiger partial charge < -0.3 is 15.3 Å². The monoisotopic (exact) mass is 278 g/mol. The molecule has 2 amide bonds. The fourth-order valence-electron chi connectivity index (χ4n) is 2.22. The van der Waals surface area contributed by atoms with E-state index in [-0.39, 0.29) is 6.03 Å². The number of likely N-dealkylation sites (N-methyl/N-ethyl adjacent to an activating group) is 1. The van der Waals surface area contributed by atoms with Crippen molar-refractivity contribution in [3.63, 3.8) is 0 Å². The summed E-state index contributed by atoms with van der Waals surface area (Å²) in [5, 5.41) is 12.6. The van der Waals surface area contributed by atoms with Gasteiger partial charge in [0.2, 0.25) is 0 Å². The van der Waals surface area contributed by atoms with Gasteiger partial charge in [0.25, 0.3) is 0 Å². The number of rotatable bonds is 6. The number of urea groups is 1. The van der Waals surface area contributed by atoms with Crippen LogP contribution in [-0.2, 0) is 0 Å². The molecule has 0 aromatic heterocycles. The van der Waals surface area contributed by atoms with Gasteiger partial charge in [-0.05, 0) is 25.8 Å². The van der Waals surface area contributed by atoms with E-state index in [1.807, 2.05) is 18.2 Å². The molecule has 0 aliphatic carbocycles. The van der Waals surface area contributed by atoms with Crippen LogP contribution in [0.4, 0.5) is 4.79 Å². The van der Waals surface area contributed by atoms with Crippen molar-refractivity contribution < 1.29 is 9.90 Å². The topological polar surface area (TPSA) is 52.6 Å². The molecule has 0 heterocycles. The van der Waals surface area contributed by atoms with Crippen LogP contribution in [0.5, 0.6) is 0 Å². The molecule has 1 rings (SSSR count). The second-order valence-electron chi connectivity index (χ2n) is 5.87. The number of benzene rings is 1. The fourth-order valence-corrected chi connectivity index (χ4v) is 2.22. The first-order valence-electron chi connectivity index (χ1n) is 7.09. The SMILES string of the molecule is CCC(CNC(=O)N(C)CC(C)(C)O)c1ccccc1. The molecule has 4 nitrogen and oxygen atoms in total.